The normalized spacial score (nSPS) is 23.1. The van der Waals surface area contributed by atoms with E-state index in [9.17, 15) is 4.79 Å². The Balaban J connectivity index is 1.57. The first-order valence-corrected chi connectivity index (χ1v) is 5.59. The number of piperidine rings is 1. The maximum absolute atomic E-state index is 11.3. The van der Waals surface area contributed by atoms with Crippen LogP contribution in [0, 0.1) is 5.92 Å². The summed E-state index contributed by atoms with van der Waals surface area (Å²) in [6.45, 7) is 3.02. The number of urea groups is 1. The summed E-state index contributed by atoms with van der Waals surface area (Å²) in [4.78, 5) is 11.3. The van der Waals surface area contributed by atoms with Gasteiger partial charge in [-0.15, -0.1) is 0 Å². The summed E-state index contributed by atoms with van der Waals surface area (Å²) in [5.74, 6) is 0.668. The first-order valence-electron chi connectivity index (χ1n) is 5.59. The number of rotatable bonds is 3. The van der Waals surface area contributed by atoms with Crippen molar-refractivity contribution in [2.75, 3.05) is 19.6 Å². The highest BCUT2D eigenvalue weighted by Crippen LogP contribution is 2.18. The second-order valence-electron chi connectivity index (χ2n) is 4.32. The summed E-state index contributed by atoms with van der Waals surface area (Å²) >= 11 is 0. The molecule has 1 heterocycles. The highest BCUT2D eigenvalue weighted by atomic mass is 16.2. The van der Waals surface area contributed by atoms with Crippen LogP contribution in [0.15, 0.2) is 0 Å². The van der Waals surface area contributed by atoms with Gasteiger partial charge >= 0.3 is 6.03 Å². The van der Waals surface area contributed by atoms with Gasteiger partial charge in [-0.05, 0) is 44.7 Å². The first kappa shape index (κ1) is 9.77. The average molecular weight is 197 g/mol. The topological polar surface area (TPSA) is 53.2 Å². The standard InChI is InChI=1S/C10H19N3O/c14-10(13-9-1-2-9)12-7-8-3-5-11-6-4-8/h8-9,11H,1-7H2,(H2,12,13,14). The van der Waals surface area contributed by atoms with Crippen molar-refractivity contribution in [1.82, 2.24) is 16.0 Å². The van der Waals surface area contributed by atoms with Crippen LogP contribution in [0.25, 0.3) is 0 Å². The Labute approximate surface area is 84.8 Å². The van der Waals surface area contributed by atoms with Crippen molar-refractivity contribution in [3.05, 3.63) is 0 Å². The van der Waals surface area contributed by atoms with Gasteiger partial charge in [-0.1, -0.05) is 0 Å². The average Bonchev–Trinajstić information content (AvgIpc) is 3.00. The maximum atomic E-state index is 11.3. The van der Waals surface area contributed by atoms with Crippen LogP contribution in [-0.4, -0.2) is 31.7 Å². The summed E-state index contributed by atoms with van der Waals surface area (Å²) in [5.41, 5.74) is 0. The lowest BCUT2D eigenvalue weighted by molar-refractivity contribution is 0.236. The molecule has 4 nitrogen and oxygen atoms in total. The number of amides is 2. The zero-order valence-corrected chi connectivity index (χ0v) is 8.51. The molecule has 0 aromatic heterocycles. The Morgan fingerprint density at radius 2 is 1.93 bits per heavy atom. The second kappa shape index (κ2) is 4.64. The van der Waals surface area contributed by atoms with Gasteiger partial charge in [0.05, 0.1) is 0 Å². The SMILES string of the molecule is O=C(NCC1CCNCC1)NC1CC1. The van der Waals surface area contributed by atoms with Gasteiger partial charge in [0.2, 0.25) is 0 Å². The van der Waals surface area contributed by atoms with Crippen LogP contribution in [0.3, 0.4) is 0 Å². The zero-order chi connectivity index (χ0) is 9.80. The van der Waals surface area contributed by atoms with Crippen molar-refractivity contribution in [2.45, 2.75) is 31.7 Å². The second-order valence-corrected chi connectivity index (χ2v) is 4.32. The van der Waals surface area contributed by atoms with Crippen molar-refractivity contribution < 1.29 is 4.79 Å². The molecule has 0 unspecified atom stereocenters. The molecule has 2 amide bonds. The molecule has 2 fully saturated rings. The monoisotopic (exact) mass is 197 g/mol. The Bertz CT molecular complexity index is 198. The molecule has 1 aliphatic heterocycles. The number of hydrogen-bond donors (Lipinski definition) is 3. The third kappa shape index (κ3) is 3.18. The van der Waals surface area contributed by atoms with E-state index in [0.717, 1.165) is 32.5 Å². The summed E-state index contributed by atoms with van der Waals surface area (Å²) in [6, 6.07) is 0.481. The fraction of sp³-hybridized carbons (Fsp3) is 0.900. The highest BCUT2D eigenvalue weighted by Gasteiger charge is 2.23. The number of carbonyl (C=O) groups excluding carboxylic acids is 1. The van der Waals surface area contributed by atoms with E-state index in [2.05, 4.69) is 16.0 Å². The third-order valence-electron chi connectivity index (χ3n) is 2.92. The predicted molar refractivity (Wildman–Crippen MR) is 55.2 cm³/mol. The molecule has 2 rings (SSSR count). The summed E-state index contributed by atoms with van der Waals surface area (Å²) in [5, 5.41) is 9.19. The Morgan fingerprint density at radius 1 is 1.21 bits per heavy atom. The quantitative estimate of drug-likeness (QED) is 0.615. The van der Waals surface area contributed by atoms with E-state index >= 15 is 0 Å². The van der Waals surface area contributed by atoms with Crippen LogP contribution < -0.4 is 16.0 Å². The minimum Gasteiger partial charge on any atom is -0.338 e. The van der Waals surface area contributed by atoms with Gasteiger partial charge in [0.1, 0.15) is 0 Å². The molecule has 0 bridgehead atoms. The largest absolute Gasteiger partial charge is 0.338 e. The molecule has 2 aliphatic rings. The molecule has 0 atom stereocenters. The zero-order valence-electron chi connectivity index (χ0n) is 8.51. The molecule has 0 radical (unpaired) electrons. The van der Waals surface area contributed by atoms with Crippen LogP contribution in [0.5, 0.6) is 0 Å². The lowest BCUT2D eigenvalue weighted by atomic mass is 9.98. The van der Waals surface area contributed by atoms with Crippen molar-refractivity contribution in [3.63, 3.8) is 0 Å². The molecule has 3 N–H and O–H groups in total. The van der Waals surface area contributed by atoms with E-state index in [1.54, 1.807) is 0 Å². The molecule has 0 aromatic rings. The minimum atomic E-state index is 0.0195. The van der Waals surface area contributed by atoms with E-state index in [1.165, 1.54) is 12.8 Å². The molecule has 1 saturated heterocycles. The van der Waals surface area contributed by atoms with Gasteiger partial charge < -0.3 is 16.0 Å². The fourth-order valence-corrected chi connectivity index (χ4v) is 1.79. The smallest absolute Gasteiger partial charge is 0.315 e. The van der Waals surface area contributed by atoms with Crippen LogP contribution >= 0.6 is 0 Å². The predicted octanol–water partition coefficient (Wildman–Crippen LogP) is 0.448. The Hall–Kier alpha value is -0.770. The van der Waals surface area contributed by atoms with Gasteiger partial charge in [-0.2, -0.15) is 0 Å². The van der Waals surface area contributed by atoms with Gasteiger partial charge in [0.15, 0.2) is 0 Å². The molecule has 1 aliphatic carbocycles. The van der Waals surface area contributed by atoms with E-state index in [1.807, 2.05) is 0 Å². The van der Waals surface area contributed by atoms with Crippen LogP contribution in [-0.2, 0) is 0 Å². The van der Waals surface area contributed by atoms with Gasteiger partial charge in [0.25, 0.3) is 0 Å². The van der Waals surface area contributed by atoms with E-state index in [-0.39, 0.29) is 6.03 Å². The van der Waals surface area contributed by atoms with E-state index in [0.29, 0.717) is 12.0 Å². The molecule has 14 heavy (non-hydrogen) atoms. The summed E-state index contributed by atoms with van der Waals surface area (Å²) < 4.78 is 0. The minimum absolute atomic E-state index is 0.0195. The van der Waals surface area contributed by atoms with Gasteiger partial charge in [0, 0.05) is 12.6 Å². The molecule has 0 spiro atoms. The van der Waals surface area contributed by atoms with Crippen molar-refractivity contribution in [1.29, 1.82) is 0 Å². The Kier molecular flexibility index (Phi) is 3.24. The lowest BCUT2D eigenvalue weighted by Crippen LogP contribution is -2.41. The summed E-state index contributed by atoms with van der Waals surface area (Å²) in [6.07, 6.45) is 4.68. The van der Waals surface area contributed by atoms with Crippen molar-refractivity contribution >= 4 is 6.03 Å². The summed E-state index contributed by atoms with van der Waals surface area (Å²) in [7, 11) is 0. The molecular weight excluding hydrogens is 178 g/mol. The molecule has 80 valence electrons. The van der Waals surface area contributed by atoms with Gasteiger partial charge in [-0.25, -0.2) is 4.79 Å². The van der Waals surface area contributed by atoms with Crippen LogP contribution in [0.1, 0.15) is 25.7 Å². The van der Waals surface area contributed by atoms with Crippen LogP contribution in [0.2, 0.25) is 0 Å². The number of nitrogens with one attached hydrogen (secondary N) is 3. The van der Waals surface area contributed by atoms with Crippen molar-refractivity contribution in [2.24, 2.45) is 5.92 Å². The third-order valence-corrected chi connectivity index (χ3v) is 2.92. The number of carbonyl (C=O) groups is 1. The van der Waals surface area contributed by atoms with Gasteiger partial charge in [-0.3, -0.25) is 0 Å². The first-order chi connectivity index (χ1) is 6.84. The Morgan fingerprint density at radius 3 is 2.57 bits per heavy atom. The fourth-order valence-electron chi connectivity index (χ4n) is 1.79. The van der Waals surface area contributed by atoms with E-state index < -0.39 is 0 Å². The van der Waals surface area contributed by atoms with E-state index in [4.69, 9.17) is 0 Å². The van der Waals surface area contributed by atoms with Crippen molar-refractivity contribution in [3.8, 4) is 0 Å². The molecule has 0 aromatic carbocycles. The highest BCUT2D eigenvalue weighted by molar-refractivity contribution is 5.74. The van der Waals surface area contributed by atoms with Crippen LogP contribution in [0.4, 0.5) is 4.79 Å². The lowest BCUT2D eigenvalue weighted by Gasteiger charge is -2.22. The maximum Gasteiger partial charge on any atom is 0.315 e. The molecule has 4 heteroatoms. The number of hydrogen-bond acceptors (Lipinski definition) is 2. The molecule has 1 saturated carbocycles. The molecular formula is C10H19N3O.